The fraction of sp³-hybridized carbons (Fsp3) is 0.458. The van der Waals surface area contributed by atoms with Crippen LogP contribution in [-0.4, -0.2) is 63.9 Å². The SMILES string of the molecule is COc1ccc(S(=O)(=O)N2CCCCCC2)cc1C(=O)N(C)CCOc1cccc(C)c1. The van der Waals surface area contributed by atoms with E-state index >= 15 is 0 Å². The van der Waals surface area contributed by atoms with Crippen LogP contribution in [-0.2, 0) is 10.0 Å². The van der Waals surface area contributed by atoms with Crippen LogP contribution in [0.15, 0.2) is 47.4 Å². The third-order valence-electron chi connectivity index (χ3n) is 5.64. The predicted octanol–water partition coefficient (Wildman–Crippen LogP) is 3.72. The number of aryl methyl sites for hydroxylation is 1. The minimum atomic E-state index is -3.67. The normalized spacial score (nSPS) is 15.1. The van der Waals surface area contributed by atoms with E-state index in [-0.39, 0.29) is 16.4 Å². The summed E-state index contributed by atoms with van der Waals surface area (Å²) in [5.74, 6) is 0.771. The summed E-state index contributed by atoms with van der Waals surface area (Å²) < 4.78 is 39.0. The highest BCUT2D eigenvalue weighted by atomic mass is 32.2. The number of sulfonamides is 1. The summed E-state index contributed by atoms with van der Waals surface area (Å²) in [6, 6.07) is 12.2. The predicted molar refractivity (Wildman–Crippen MR) is 124 cm³/mol. The summed E-state index contributed by atoms with van der Waals surface area (Å²) in [5, 5.41) is 0. The number of methoxy groups -OCH3 is 1. The van der Waals surface area contributed by atoms with Gasteiger partial charge in [0, 0.05) is 20.1 Å². The molecule has 1 heterocycles. The van der Waals surface area contributed by atoms with Gasteiger partial charge in [-0.3, -0.25) is 4.79 Å². The number of benzene rings is 2. The van der Waals surface area contributed by atoms with Gasteiger partial charge in [-0.15, -0.1) is 0 Å². The van der Waals surface area contributed by atoms with Crippen LogP contribution in [0.25, 0.3) is 0 Å². The van der Waals surface area contributed by atoms with Crippen molar-refractivity contribution in [3.05, 3.63) is 53.6 Å². The van der Waals surface area contributed by atoms with E-state index in [1.807, 2.05) is 31.2 Å². The number of hydrogen-bond donors (Lipinski definition) is 0. The van der Waals surface area contributed by atoms with E-state index in [4.69, 9.17) is 9.47 Å². The van der Waals surface area contributed by atoms with Crippen molar-refractivity contribution in [2.24, 2.45) is 0 Å². The zero-order valence-electron chi connectivity index (χ0n) is 19.0. The maximum absolute atomic E-state index is 13.2. The number of nitrogens with zero attached hydrogens (tertiary/aromatic N) is 2. The van der Waals surface area contributed by atoms with E-state index in [1.54, 1.807) is 13.1 Å². The van der Waals surface area contributed by atoms with Crippen LogP contribution in [0, 0.1) is 6.92 Å². The summed E-state index contributed by atoms with van der Waals surface area (Å²) in [7, 11) is -0.535. The van der Waals surface area contributed by atoms with Gasteiger partial charge < -0.3 is 14.4 Å². The molecule has 1 aliphatic heterocycles. The molecule has 174 valence electrons. The first-order valence-electron chi connectivity index (χ1n) is 11.0. The van der Waals surface area contributed by atoms with Crippen molar-refractivity contribution in [1.82, 2.24) is 9.21 Å². The molecule has 7 nitrogen and oxygen atoms in total. The number of rotatable bonds is 8. The third kappa shape index (κ3) is 5.81. The Balaban J connectivity index is 1.74. The van der Waals surface area contributed by atoms with E-state index in [0.29, 0.717) is 32.0 Å². The van der Waals surface area contributed by atoms with Crippen LogP contribution in [0.2, 0.25) is 0 Å². The lowest BCUT2D eigenvalue weighted by Gasteiger charge is -2.22. The van der Waals surface area contributed by atoms with Gasteiger partial charge in [0.2, 0.25) is 10.0 Å². The first kappa shape index (κ1) is 24.1. The van der Waals surface area contributed by atoms with Gasteiger partial charge in [-0.05, 0) is 55.7 Å². The number of ether oxygens (including phenoxy) is 2. The van der Waals surface area contributed by atoms with E-state index in [0.717, 1.165) is 37.0 Å². The van der Waals surface area contributed by atoms with Crippen LogP contribution in [0.4, 0.5) is 0 Å². The quantitative estimate of drug-likeness (QED) is 0.600. The highest BCUT2D eigenvalue weighted by Gasteiger charge is 2.27. The lowest BCUT2D eigenvalue weighted by atomic mass is 10.1. The molecule has 0 aliphatic carbocycles. The molecule has 1 saturated heterocycles. The molecular formula is C24H32N2O5S. The van der Waals surface area contributed by atoms with Crippen molar-refractivity contribution in [3.63, 3.8) is 0 Å². The third-order valence-corrected chi connectivity index (χ3v) is 7.53. The Hall–Kier alpha value is -2.58. The fourth-order valence-corrected chi connectivity index (χ4v) is 5.30. The van der Waals surface area contributed by atoms with Crippen LogP contribution in [0.3, 0.4) is 0 Å². The number of hydrogen-bond acceptors (Lipinski definition) is 5. The Morgan fingerprint density at radius 3 is 2.44 bits per heavy atom. The van der Waals surface area contributed by atoms with Crippen LogP contribution in [0.5, 0.6) is 11.5 Å². The Bertz CT molecular complexity index is 1030. The number of carbonyl (C=O) groups excluding carboxylic acids is 1. The van der Waals surface area contributed by atoms with Gasteiger partial charge in [-0.2, -0.15) is 4.31 Å². The Morgan fingerprint density at radius 1 is 1.06 bits per heavy atom. The molecule has 32 heavy (non-hydrogen) atoms. The maximum atomic E-state index is 13.2. The Labute approximate surface area is 191 Å². The molecule has 2 aromatic rings. The topological polar surface area (TPSA) is 76.2 Å². The molecule has 0 saturated carbocycles. The number of carbonyl (C=O) groups is 1. The lowest BCUT2D eigenvalue weighted by molar-refractivity contribution is 0.0770. The first-order chi connectivity index (χ1) is 15.3. The molecule has 1 fully saturated rings. The van der Waals surface area contributed by atoms with Crippen molar-refractivity contribution in [2.75, 3.05) is 40.4 Å². The second-order valence-electron chi connectivity index (χ2n) is 8.07. The summed E-state index contributed by atoms with van der Waals surface area (Å²) in [6.45, 7) is 3.67. The summed E-state index contributed by atoms with van der Waals surface area (Å²) in [6.07, 6.45) is 3.78. The summed E-state index contributed by atoms with van der Waals surface area (Å²) >= 11 is 0. The standard InChI is InChI=1S/C24H32N2O5S/c1-19-9-8-10-20(17-19)31-16-15-25(2)24(27)22-18-21(11-12-23(22)30-3)32(28,29)26-13-6-4-5-7-14-26/h8-12,17-18H,4-7,13-16H2,1-3H3. The molecule has 0 N–H and O–H groups in total. The van der Waals surface area contributed by atoms with E-state index in [2.05, 4.69) is 0 Å². The Kier molecular flexibility index (Phi) is 8.15. The maximum Gasteiger partial charge on any atom is 0.257 e. The average Bonchev–Trinajstić information content (AvgIpc) is 3.08. The van der Waals surface area contributed by atoms with Crippen molar-refractivity contribution < 1.29 is 22.7 Å². The van der Waals surface area contributed by atoms with Crippen molar-refractivity contribution >= 4 is 15.9 Å². The zero-order valence-corrected chi connectivity index (χ0v) is 19.9. The van der Waals surface area contributed by atoms with Gasteiger partial charge in [0.05, 0.1) is 24.1 Å². The van der Waals surface area contributed by atoms with Gasteiger partial charge in [0.15, 0.2) is 0 Å². The summed E-state index contributed by atoms with van der Waals surface area (Å²) in [5.41, 5.74) is 1.32. The minimum absolute atomic E-state index is 0.118. The first-order valence-corrected chi connectivity index (χ1v) is 12.4. The molecule has 1 amide bonds. The second-order valence-corrected chi connectivity index (χ2v) is 10.0. The molecule has 0 atom stereocenters. The molecule has 0 spiro atoms. The molecule has 3 rings (SSSR count). The molecular weight excluding hydrogens is 428 g/mol. The van der Waals surface area contributed by atoms with Crippen molar-refractivity contribution in [1.29, 1.82) is 0 Å². The molecule has 8 heteroatoms. The van der Waals surface area contributed by atoms with E-state index in [1.165, 1.54) is 28.4 Å². The van der Waals surface area contributed by atoms with Crippen LogP contribution < -0.4 is 9.47 Å². The largest absolute Gasteiger partial charge is 0.496 e. The van der Waals surface area contributed by atoms with Crippen LogP contribution in [0.1, 0.15) is 41.6 Å². The highest BCUT2D eigenvalue weighted by Crippen LogP contribution is 2.27. The van der Waals surface area contributed by atoms with Gasteiger partial charge in [0.1, 0.15) is 18.1 Å². The minimum Gasteiger partial charge on any atom is -0.496 e. The number of likely N-dealkylation sites (N-methyl/N-ethyl adjacent to an activating group) is 1. The monoisotopic (exact) mass is 460 g/mol. The molecule has 1 aliphatic rings. The average molecular weight is 461 g/mol. The Morgan fingerprint density at radius 2 is 1.78 bits per heavy atom. The summed E-state index contributed by atoms with van der Waals surface area (Å²) in [4.78, 5) is 14.7. The van der Waals surface area contributed by atoms with Crippen LogP contribution >= 0.6 is 0 Å². The molecule has 0 radical (unpaired) electrons. The van der Waals surface area contributed by atoms with E-state index in [9.17, 15) is 13.2 Å². The van der Waals surface area contributed by atoms with E-state index < -0.39 is 10.0 Å². The molecule has 0 unspecified atom stereocenters. The lowest BCUT2D eigenvalue weighted by Crippen LogP contribution is -2.33. The molecule has 0 aromatic heterocycles. The van der Waals surface area contributed by atoms with Gasteiger partial charge in [-0.25, -0.2) is 8.42 Å². The van der Waals surface area contributed by atoms with Gasteiger partial charge in [0.25, 0.3) is 5.91 Å². The van der Waals surface area contributed by atoms with Crippen molar-refractivity contribution in [3.8, 4) is 11.5 Å². The zero-order chi connectivity index (χ0) is 23.1. The molecule has 0 bridgehead atoms. The fourth-order valence-electron chi connectivity index (χ4n) is 3.76. The molecule has 2 aromatic carbocycles. The number of amides is 1. The smallest absolute Gasteiger partial charge is 0.257 e. The van der Waals surface area contributed by atoms with Gasteiger partial charge >= 0.3 is 0 Å². The highest BCUT2D eigenvalue weighted by molar-refractivity contribution is 7.89. The van der Waals surface area contributed by atoms with Gasteiger partial charge in [-0.1, -0.05) is 25.0 Å². The van der Waals surface area contributed by atoms with Crippen molar-refractivity contribution in [2.45, 2.75) is 37.5 Å². The second kappa shape index (κ2) is 10.8.